The number of imide groups is 2. The van der Waals surface area contributed by atoms with E-state index in [-0.39, 0.29) is 69.6 Å². The van der Waals surface area contributed by atoms with Crippen molar-refractivity contribution < 1.29 is 37.2 Å². The van der Waals surface area contributed by atoms with Crippen LogP contribution in [0.15, 0.2) is 53.6 Å². The fourth-order valence-electron chi connectivity index (χ4n) is 9.37. The predicted molar refractivity (Wildman–Crippen MR) is 200 cm³/mol. The number of aromatic nitrogens is 2. The molecule has 56 heavy (non-hydrogen) atoms. The number of primary amides is 2. The van der Waals surface area contributed by atoms with E-state index in [1.54, 1.807) is 24.3 Å². The average molecular weight is 784 g/mol. The zero-order chi connectivity index (χ0) is 39.7. The SMILES string of the molecule is CS(=O)(=O)c1ccc(Nc2nc(N3CCC[C@@H](C4N(Cc5ccc6c(c5)C(=O)N(C5CCC(=O)NC5=O)C6=O)CC45CC(C(N)=O)C5)C3)cnc2C(N)=O)cc1. The maximum atomic E-state index is 13.5. The zero-order valence-electron chi connectivity index (χ0n) is 30.6. The van der Waals surface area contributed by atoms with Gasteiger partial charge in [0.15, 0.2) is 21.3 Å². The number of hydrogen-bond donors (Lipinski definition) is 4. The van der Waals surface area contributed by atoms with Gasteiger partial charge >= 0.3 is 0 Å². The maximum absolute atomic E-state index is 13.5. The summed E-state index contributed by atoms with van der Waals surface area (Å²) < 4.78 is 23.9. The van der Waals surface area contributed by atoms with Gasteiger partial charge in [-0.2, -0.15) is 0 Å². The summed E-state index contributed by atoms with van der Waals surface area (Å²) in [6, 6.07) is 10.2. The largest absolute Gasteiger partial charge is 0.369 e. The van der Waals surface area contributed by atoms with Gasteiger partial charge in [-0.05, 0) is 80.0 Å². The van der Waals surface area contributed by atoms with Crippen molar-refractivity contribution in [1.29, 1.82) is 0 Å². The second-order valence-electron chi connectivity index (χ2n) is 15.6. The second kappa shape index (κ2) is 13.8. The van der Waals surface area contributed by atoms with Crippen LogP contribution in [0.25, 0.3) is 0 Å². The Kier molecular flexibility index (Phi) is 9.14. The lowest BCUT2D eigenvalue weighted by molar-refractivity contribution is -0.183. The van der Waals surface area contributed by atoms with Gasteiger partial charge in [0.25, 0.3) is 17.7 Å². The van der Waals surface area contributed by atoms with Crippen molar-refractivity contribution in [3.05, 3.63) is 71.0 Å². The number of amides is 6. The van der Waals surface area contributed by atoms with Crippen LogP contribution in [0.3, 0.4) is 0 Å². The first kappa shape index (κ1) is 37.2. The highest BCUT2D eigenvalue weighted by molar-refractivity contribution is 7.90. The number of nitrogens with zero attached hydrogens (tertiary/aromatic N) is 5. The van der Waals surface area contributed by atoms with Gasteiger partial charge in [-0.3, -0.25) is 43.9 Å². The third-order valence-electron chi connectivity index (χ3n) is 11.9. The Morgan fingerprint density at radius 1 is 1.00 bits per heavy atom. The number of likely N-dealkylation sites (tertiary alicyclic amines) is 1. The van der Waals surface area contributed by atoms with Crippen LogP contribution in [0, 0.1) is 17.3 Å². The number of benzene rings is 2. The van der Waals surface area contributed by atoms with Crippen LogP contribution < -0.4 is 27.0 Å². The van der Waals surface area contributed by atoms with E-state index in [1.807, 2.05) is 6.07 Å². The molecule has 2 aromatic carbocycles. The molecule has 2 unspecified atom stereocenters. The van der Waals surface area contributed by atoms with Crippen LogP contribution in [-0.4, -0.2) is 102 Å². The lowest BCUT2D eigenvalue weighted by atomic mass is 9.50. The highest BCUT2D eigenvalue weighted by Crippen LogP contribution is 2.59. The van der Waals surface area contributed by atoms with Gasteiger partial charge in [0.2, 0.25) is 17.7 Å². The van der Waals surface area contributed by atoms with E-state index in [0.29, 0.717) is 44.0 Å². The van der Waals surface area contributed by atoms with E-state index >= 15 is 0 Å². The molecule has 292 valence electrons. The van der Waals surface area contributed by atoms with E-state index in [2.05, 4.69) is 25.4 Å². The molecule has 3 saturated heterocycles. The van der Waals surface area contributed by atoms with Gasteiger partial charge in [0.1, 0.15) is 11.9 Å². The van der Waals surface area contributed by atoms with Crippen molar-refractivity contribution in [2.24, 2.45) is 28.7 Å². The first-order chi connectivity index (χ1) is 26.6. The Morgan fingerprint density at radius 2 is 1.73 bits per heavy atom. The Labute approximate surface area is 322 Å². The monoisotopic (exact) mass is 783 g/mol. The Morgan fingerprint density at radius 3 is 2.41 bits per heavy atom. The van der Waals surface area contributed by atoms with Gasteiger partial charge in [-0.1, -0.05) is 6.07 Å². The molecule has 6 amide bonds. The molecule has 3 aromatic rings. The number of nitrogens with two attached hydrogens (primary N) is 2. The molecule has 1 spiro atoms. The fourth-order valence-corrected chi connectivity index (χ4v) is 10.00. The molecule has 5 aliphatic rings. The van der Waals surface area contributed by atoms with Crippen LogP contribution in [0.1, 0.15) is 75.3 Å². The molecule has 0 bridgehead atoms. The number of carbonyl (C=O) groups is 6. The normalized spacial score (nSPS) is 26.4. The first-order valence-electron chi connectivity index (χ1n) is 18.5. The van der Waals surface area contributed by atoms with Crippen molar-refractivity contribution in [2.45, 2.75) is 62.0 Å². The Bertz CT molecular complexity index is 2310. The summed E-state index contributed by atoms with van der Waals surface area (Å²) in [6.45, 7) is 2.49. The van der Waals surface area contributed by atoms with Gasteiger partial charge in [0.05, 0.1) is 22.2 Å². The fraction of sp³-hybridized carbons (Fsp3) is 0.421. The number of piperidine rings is 2. The predicted octanol–water partition coefficient (Wildman–Crippen LogP) is 1.11. The molecule has 18 heteroatoms. The molecular weight excluding hydrogens is 743 g/mol. The van der Waals surface area contributed by atoms with Crippen LogP contribution in [0.4, 0.5) is 17.3 Å². The number of anilines is 3. The van der Waals surface area contributed by atoms with Crippen molar-refractivity contribution in [3.8, 4) is 0 Å². The Hall–Kier alpha value is -5.75. The molecule has 1 aliphatic carbocycles. The topological polar surface area (TPSA) is 248 Å². The van der Waals surface area contributed by atoms with Crippen LogP contribution >= 0.6 is 0 Å². The molecule has 3 atom stereocenters. The van der Waals surface area contributed by atoms with E-state index in [4.69, 9.17) is 16.5 Å². The summed E-state index contributed by atoms with van der Waals surface area (Å²) >= 11 is 0. The average Bonchev–Trinajstić information content (AvgIpc) is 3.36. The first-order valence-corrected chi connectivity index (χ1v) is 20.4. The number of rotatable bonds is 10. The number of nitrogens with one attached hydrogen (secondary N) is 2. The number of sulfone groups is 1. The summed E-state index contributed by atoms with van der Waals surface area (Å²) in [5.74, 6) is -2.70. The minimum Gasteiger partial charge on any atom is -0.369 e. The molecule has 1 aromatic heterocycles. The smallest absolute Gasteiger partial charge is 0.271 e. The molecule has 8 rings (SSSR count). The van der Waals surface area contributed by atoms with Crippen molar-refractivity contribution in [3.63, 3.8) is 0 Å². The highest BCUT2D eigenvalue weighted by atomic mass is 32.2. The van der Waals surface area contributed by atoms with Crippen LogP contribution in [0.5, 0.6) is 0 Å². The van der Waals surface area contributed by atoms with E-state index in [9.17, 15) is 37.2 Å². The molecule has 17 nitrogen and oxygen atoms in total. The third kappa shape index (κ3) is 6.55. The van der Waals surface area contributed by atoms with Gasteiger partial charge < -0.3 is 21.7 Å². The van der Waals surface area contributed by atoms with E-state index in [1.165, 1.54) is 18.3 Å². The zero-order valence-corrected chi connectivity index (χ0v) is 31.4. The minimum absolute atomic E-state index is 0.0368. The summed E-state index contributed by atoms with van der Waals surface area (Å²) in [6.07, 6.45) is 5.84. The van der Waals surface area contributed by atoms with Crippen molar-refractivity contribution in [2.75, 3.05) is 36.1 Å². The molecular formula is C38H41N9O8S. The summed E-state index contributed by atoms with van der Waals surface area (Å²) in [5, 5.41) is 5.29. The molecule has 6 N–H and O–H groups in total. The maximum Gasteiger partial charge on any atom is 0.271 e. The van der Waals surface area contributed by atoms with Gasteiger partial charge in [-0.15, -0.1) is 0 Å². The summed E-state index contributed by atoms with van der Waals surface area (Å²) in [4.78, 5) is 90.3. The highest BCUT2D eigenvalue weighted by Gasteiger charge is 2.62. The van der Waals surface area contributed by atoms with Crippen LogP contribution in [-0.2, 0) is 30.8 Å². The molecule has 4 aliphatic heterocycles. The number of carbonyl (C=O) groups excluding carboxylic acids is 6. The molecule has 1 saturated carbocycles. The van der Waals surface area contributed by atoms with E-state index < -0.39 is 45.4 Å². The lowest BCUT2D eigenvalue weighted by Crippen LogP contribution is -2.73. The quantitative estimate of drug-likeness (QED) is 0.211. The molecule has 4 fully saturated rings. The van der Waals surface area contributed by atoms with Gasteiger partial charge in [-0.25, -0.2) is 18.4 Å². The summed E-state index contributed by atoms with van der Waals surface area (Å²) in [7, 11) is -3.41. The summed E-state index contributed by atoms with van der Waals surface area (Å²) in [5.41, 5.74) is 12.9. The third-order valence-corrected chi connectivity index (χ3v) is 13.0. The Balaban J connectivity index is 1.02. The standard InChI is InChI=1S/C38H41N9O8S/c1-56(54,55)24-7-5-23(6-8-24)42-34-30(33(40)50)41-16-28(43-34)45-12-2-3-21(18-45)31-38(14-22(15-38)32(39)49)19-46(31)17-20-4-9-25-26(13-20)37(53)47(36(25)52)27-10-11-29(48)44-35(27)51/h4-9,13,16,21-22,27,31H,2-3,10-12,14-15,17-19H2,1H3,(H2,39,49)(H2,40,50)(H,42,43)(H,44,48,51)/t21-,22?,27?,31?,38?/m1/s1. The van der Waals surface area contributed by atoms with Gasteiger partial charge in [0, 0.05) is 61.9 Å². The molecule has 5 heterocycles. The van der Waals surface area contributed by atoms with Crippen molar-refractivity contribution >= 4 is 62.6 Å². The molecule has 0 radical (unpaired) electrons. The number of hydrogen-bond acceptors (Lipinski definition) is 13. The van der Waals surface area contributed by atoms with Crippen molar-refractivity contribution in [1.82, 2.24) is 25.1 Å². The number of fused-ring (bicyclic) bond motifs is 1. The minimum atomic E-state index is -3.41. The lowest BCUT2D eigenvalue weighted by Gasteiger charge is -2.67. The second-order valence-corrected chi connectivity index (χ2v) is 17.6. The van der Waals surface area contributed by atoms with E-state index in [0.717, 1.165) is 36.1 Å². The van der Waals surface area contributed by atoms with Crippen LogP contribution in [0.2, 0.25) is 0 Å².